The zero-order valence-corrected chi connectivity index (χ0v) is 33.5. The Labute approximate surface area is 325 Å². The van der Waals surface area contributed by atoms with Crippen molar-refractivity contribution in [1.29, 1.82) is 0 Å². The van der Waals surface area contributed by atoms with Gasteiger partial charge < -0.3 is 24.8 Å². The zero-order chi connectivity index (χ0) is 36.3. The maximum atomic E-state index is 12.5. The smallest absolute Gasteiger partial charge is 1.00 e. The Bertz CT molecular complexity index is 1730. The molecule has 4 aromatic rings. The molecule has 0 spiro atoms. The van der Waals surface area contributed by atoms with Gasteiger partial charge in [-0.05, 0) is 18.9 Å². The second-order valence-corrected chi connectivity index (χ2v) is 15.1. The van der Waals surface area contributed by atoms with Crippen molar-refractivity contribution in [3.8, 4) is 11.1 Å². The average Bonchev–Trinajstić information content (AvgIpc) is 3.66. The summed E-state index contributed by atoms with van der Waals surface area (Å²) in [4.78, 5) is 0. The molecule has 0 saturated heterocycles. The van der Waals surface area contributed by atoms with Gasteiger partial charge in [-0.25, -0.2) is 6.08 Å². The molecule has 0 aromatic heterocycles. The predicted molar refractivity (Wildman–Crippen MR) is 183 cm³/mol. The number of hydrogen-bond donors (Lipinski definition) is 0. The van der Waals surface area contributed by atoms with E-state index < -0.39 is 23.5 Å². The summed E-state index contributed by atoms with van der Waals surface area (Å²) in [6.07, 6.45) is 0.137. The van der Waals surface area contributed by atoms with Crippen molar-refractivity contribution in [1.82, 2.24) is 0 Å². The molecule has 0 saturated carbocycles. The van der Waals surface area contributed by atoms with Gasteiger partial charge in [0.05, 0.1) is 0 Å². The van der Waals surface area contributed by atoms with Gasteiger partial charge >= 0.3 is 137 Å². The molecule has 0 heterocycles. The maximum absolute atomic E-state index is 12.5. The number of alkyl halides is 6. The summed E-state index contributed by atoms with van der Waals surface area (Å²) in [7, 11) is 0. The van der Waals surface area contributed by atoms with E-state index in [1.807, 2.05) is 0 Å². The van der Waals surface area contributed by atoms with Crippen molar-refractivity contribution < 1.29 is 75.4 Å². The van der Waals surface area contributed by atoms with Crippen LogP contribution in [0.25, 0.3) is 11.1 Å². The number of benzene rings is 4. The summed E-state index contributed by atoms with van der Waals surface area (Å²) in [5.41, 5.74) is 9.48. The van der Waals surface area contributed by atoms with Crippen molar-refractivity contribution in [3.63, 3.8) is 0 Å². The van der Waals surface area contributed by atoms with Crippen LogP contribution in [0.5, 0.6) is 0 Å². The second-order valence-electron chi connectivity index (χ2n) is 13.8. The fourth-order valence-corrected chi connectivity index (χ4v) is 6.33. The van der Waals surface area contributed by atoms with Crippen LogP contribution in [0.2, 0.25) is 0 Å². The van der Waals surface area contributed by atoms with E-state index in [4.69, 9.17) is 0 Å². The molecule has 0 amide bonds. The maximum Gasteiger partial charge on any atom is -1.00 e. The van der Waals surface area contributed by atoms with E-state index in [1.54, 1.807) is 0 Å². The van der Waals surface area contributed by atoms with E-state index in [0.717, 1.165) is 54.9 Å². The van der Waals surface area contributed by atoms with E-state index in [9.17, 15) is 26.3 Å². The average molecular weight is 821 g/mol. The van der Waals surface area contributed by atoms with Crippen LogP contribution >= 0.6 is 0 Å². The number of fused-ring (bicyclic) bond motifs is 3. The molecule has 0 N–H and O–H groups in total. The summed E-state index contributed by atoms with van der Waals surface area (Å²) >= 11 is 0.898. The summed E-state index contributed by atoms with van der Waals surface area (Å²) in [5.74, 6) is 1.22. The number of allylic oxidation sites excluding steroid dienone is 4. The second kappa shape index (κ2) is 17.9. The monoisotopic (exact) mass is 818 g/mol. The third kappa shape index (κ3) is 11.9. The third-order valence-corrected chi connectivity index (χ3v) is 9.89. The van der Waals surface area contributed by atoms with Crippen molar-refractivity contribution in [2.45, 2.75) is 67.2 Å². The minimum Gasteiger partial charge on any atom is -1.00 e. The summed E-state index contributed by atoms with van der Waals surface area (Å²) in [6.45, 7) is 15.5. The zero-order valence-electron chi connectivity index (χ0n) is 29.5. The fraction of sp³-hybridized carbons (Fsp3) is 0.310. The number of hydrogen-bond acceptors (Lipinski definition) is 0. The molecular weight excluding hydrogens is 781 g/mol. The molecule has 0 radical (unpaired) electrons. The van der Waals surface area contributed by atoms with E-state index in [0.29, 0.717) is 26.2 Å². The van der Waals surface area contributed by atoms with E-state index in [2.05, 4.69) is 103 Å². The van der Waals surface area contributed by atoms with E-state index in [-0.39, 0.29) is 30.2 Å². The van der Waals surface area contributed by atoms with Gasteiger partial charge in [0.15, 0.2) is 0 Å². The largest absolute Gasteiger partial charge is 1.00 e. The summed E-state index contributed by atoms with van der Waals surface area (Å²) in [5, 5.41) is 0. The van der Waals surface area contributed by atoms with Gasteiger partial charge in [-0.3, -0.25) is 6.08 Å². The number of rotatable bonds is 3. The Hall–Kier alpha value is -2.73. The van der Waals surface area contributed by atoms with Crippen LogP contribution in [-0.4, -0.2) is 3.21 Å². The molecule has 6 rings (SSSR count). The van der Waals surface area contributed by atoms with Crippen LogP contribution in [0, 0.1) is 43.2 Å². The molecule has 9 heteroatoms. The molecule has 270 valence electrons. The molecular formula is C42H40Cl2F6Zr-2. The Balaban J connectivity index is 0.000000273. The van der Waals surface area contributed by atoms with Gasteiger partial charge in [-0.15, -0.1) is 11.1 Å². The fourth-order valence-electron chi connectivity index (χ4n) is 5.52. The first-order valence-electron chi connectivity index (χ1n) is 16.1. The van der Waals surface area contributed by atoms with Gasteiger partial charge in [-0.2, -0.15) is 35.4 Å². The molecule has 0 aliphatic heterocycles. The topological polar surface area (TPSA) is 0 Å². The van der Waals surface area contributed by atoms with Crippen molar-refractivity contribution in [3.05, 3.63) is 153 Å². The van der Waals surface area contributed by atoms with Crippen LogP contribution in [0.15, 0.2) is 96.6 Å². The van der Waals surface area contributed by atoms with Crippen LogP contribution in [-0.2, 0) is 43.0 Å². The van der Waals surface area contributed by atoms with Gasteiger partial charge in [0.25, 0.3) is 0 Å². The van der Waals surface area contributed by atoms with Gasteiger partial charge in [0, 0.05) is 0 Å². The molecule has 0 fully saturated rings. The summed E-state index contributed by atoms with van der Waals surface area (Å²) in [6, 6.07) is 23.7. The molecule has 0 nitrogen and oxygen atoms in total. The van der Waals surface area contributed by atoms with Gasteiger partial charge in [-0.1, -0.05) is 88.1 Å². The van der Waals surface area contributed by atoms with Gasteiger partial charge in [0.1, 0.15) is 0 Å². The first-order chi connectivity index (χ1) is 22.7. The van der Waals surface area contributed by atoms with Crippen molar-refractivity contribution in [2.75, 3.05) is 0 Å². The van der Waals surface area contributed by atoms with Gasteiger partial charge in [0.2, 0.25) is 0 Å². The minimum atomic E-state index is -4.41. The van der Waals surface area contributed by atoms with Crippen LogP contribution in [0.3, 0.4) is 0 Å². The standard InChI is InChI=1S/C15H8F6.C15H13.C12H19.2ClH.Zr/c16-14(17,18)12-5-1-10(2-6-12)9-11-3-7-13(8-4-11)15(19,20)21;1-10-3-5-14-12(7-10)9-13-8-11(2)4-6-15(13)14;1-9(2)10-6-7-11(8-10)12(3,4)5;;;/h1-8H;3-7H,9H2,1-2H3;7-10H,1-5H3;2*1H;/q;2*-1;;;+2/p-2. The van der Waals surface area contributed by atoms with E-state index in [1.165, 1.54) is 63.2 Å². The Morgan fingerprint density at radius 3 is 1.63 bits per heavy atom. The third-order valence-electron chi connectivity index (χ3n) is 8.47. The van der Waals surface area contributed by atoms with Crippen LogP contribution < -0.4 is 24.8 Å². The number of aryl methyl sites for hydroxylation is 2. The quantitative estimate of drug-likeness (QED) is 0.152. The SMILES string of the molecule is CC(C)C1[C-]=CC(C(C)(C)C)=C1.Cc1[c-]c2c(cc1)-c1ccc(C)cc1C2.FC(F)(F)c1ccc([C](=[Zr+2])c2ccc(C(F)(F)F)cc2)cc1.[Cl-].[Cl-]. The van der Waals surface area contributed by atoms with Crippen LogP contribution in [0.4, 0.5) is 26.3 Å². The molecule has 2 aliphatic rings. The molecule has 2 aliphatic carbocycles. The Morgan fingerprint density at radius 2 is 1.22 bits per heavy atom. The minimum absolute atomic E-state index is 0. The van der Waals surface area contributed by atoms with Crippen LogP contribution in [0.1, 0.15) is 79.1 Å². The predicted octanol–water partition coefficient (Wildman–Crippen LogP) is 6.13. The molecule has 1 unspecified atom stereocenters. The Kier molecular flexibility index (Phi) is 15.6. The molecule has 4 aromatic carbocycles. The number of halogens is 8. The summed E-state index contributed by atoms with van der Waals surface area (Å²) < 4.78 is 75.6. The normalized spacial score (nSPS) is 14.5. The molecule has 1 atom stereocenters. The van der Waals surface area contributed by atoms with Crippen molar-refractivity contribution in [2.24, 2.45) is 17.3 Å². The Morgan fingerprint density at radius 1 is 0.725 bits per heavy atom. The van der Waals surface area contributed by atoms with Crippen molar-refractivity contribution >= 4 is 3.21 Å². The first-order valence-corrected chi connectivity index (χ1v) is 17.3. The van der Waals surface area contributed by atoms with E-state index >= 15 is 0 Å². The first kappa shape index (κ1) is 44.4. The molecule has 0 bridgehead atoms. The molecule has 51 heavy (non-hydrogen) atoms.